The molecular weight excluding hydrogens is 246 g/mol. The molecule has 0 unspecified atom stereocenters. The average Bonchev–Trinajstić information content (AvgIpc) is 2.69. The maximum Gasteiger partial charge on any atom is 0.163 e. The lowest BCUT2D eigenvalue weighted by Gasteiger charge is -2.16. The highest BCUT2D eigenvalue weighted by Gasteiger charge is 2.29. The van der Waals surface area contributed by atoms with Gasteiger partial charge in [0.1, 0.15) is 12.4 Å². The van der Waals surface area contributed by atoms with Gasteiger partial charge in [-0.05, 0) is 19.1 Å². The molecule has 0 saturated carbocycles. The average molecular weight is 265 g/mol. The van der Waals surface area contributed by atoms with Gasteiger partial charge in [0.25, 0.3) is 0 Å². The van der Waals surface area contributed by atoms with Crippen LogP contribution in [0.25, 0.3) is 0 Å². The lowest BCUT2D eigenvalue weighted by atomic mass is 10.1. The molecule has 19 heavy (non-hydrogen) atoms. The van der Waals surface area contributed by atoms with Crippen molar-refractivity contribution in [3.05, 3.63) is 29.8 Å². The summed E-state index contributed by atoms with van der Waals surface area (Å²) in [6, 6.07) is 7.13. The van der Waals surface area contributed by atoms with E-state index >= 15 is 0 Å². The van der Waals surface area contributed by atoms with Crippen LogP contribution < -0.4 is 4.74 Å². The molecule has 2 atom stereocenters. The van der Waals surface area contributed by atoms with Crippen molar-refractivity contribution >= 4 is 5.78 Å². The molecule has 1 heterocycles. The molecule has 1 fully saturated rings. The Morgan fingerprint density at radius 3 is 2.58 bits per heavy atom. The number of likely N-dealkylation sites (tertiary alicyclic amines) is 1. The van der Waals surface area contributed by atoms with E-state index in [1.165, 1.54) is 6.92 Å². The van der Waals surface area contributed by atoms with Gasteiger partial charge in [-0.2, -0.15) is 0 Å². The van der Waals surface area contributed by atoms with E-state index in [2.05, 4.69) is 0 Å². The van der Waals surface area contributed by atoms with Gasteiger partial charge in [0.05, 0.1) is 17.8 Å². The Morgan fingerprint density at radius 1 is 1.32 bits per heavy atom. The second kappa shape index (κ2) is 6.14. The number of para-hydroxylation sites is 1. The summed E-state index contributed by atoms with van der Waals surface area (Å²) in [5.74, 6) is 0.554. The van der Waals surface area contributed by atoms with Crippen LogP contribution >= 0.6 is 0 Å². The third kappa shape index (κ3) is 3.53. The zero-order valence-electron chi connectivity index (χ0n) is 11.0. The van der Waals surface area contributed by atoms with Gasteiger partial charge < -0.3 is 14.9 Å². The first-order valence-corrected chi connectivity index (χ1v) is 6.39. The summed E-state index contributed by atoms with van der Waals surface area (Å²) in [5.41, 5.74) is 0.573. The minimum atomic E-state index is -0.676. The van der Waals surface area contributed by atoms with E-state index in [0.717, 1.165) is 0 Å². The molecule has 0 aliphatic carbocycles. The summed E-state index contributed by atoms with van der Waals surface area (Å²) < 4.78 is 5.61. The first kappa shape index (κ1) is 14.0. The molecule has 5 heteroatoms. The van der Waals surface area contributed by atoms with Crippen LogP contribution in [0.2, 0.25) is 0 Å². The van der Waals surface area contributed by atoms with Gasteiger partial charge in [0.2, 0.25) is 0 Å². The summed E-state index contributed by atoms with van der Waals surface area (Å²) in [5, 5.41) is 18.8. The fourth-order valence-electron chi connectivity index (χ4n) is 2.20. The monoisotopic (exact) mass is 265 g/mol. The Labute approximate surface area is 112 Å². The maximum absolute atomic E-state index is 11.4. The molecule has 1 saturated heterocycles. The van der Waals surface area contributed by atoms with E-state index in [4.69, 9.17) is 4.74 Å². The number of rotatable bonds is 5. The highest BCUT2D eigenvalue weighted by Crippen LogP contribution is 2.18. The van der Waals surface area contributed by atoms with Gasteiger partial charge in [-0.1, -0.05) is 12.1 Å². The van der Waals surface area contributed by atoms with E-state index in [1.807, 2.05) is 11.0 Å². The summed E-state index contributed by atoms with van der Waals surface area (Å²) in [4.78, 5) is 13.4. The molecule has 0 amide bonds. The SMILES string of the molecule is CC(=O)c1ccccc1OCCN1C[C@@H](O)[C@@H](O)C1. The van der Waals surface area contributed by atoms with Crippen LogP contribution in [0.15, 0.2) is 24.3 Å². The van der Waals surface area contributed by atoms with Crippen LogP contribution in [-0.2, 0) is 0 Å². The number of hydrogen-bond donors (Lipinski definition) is 2. The maximum atomic E-state index is 11.4. The van der Waals surface area contributed by atoms with Crippen molar-refractivity contribution in [3.63, 3.8) is 0 Å². The molecule has 104 valence electrons. The Bertz CT molecular complexity index is 439. The zero-order valence-corrected chi connectivity index (χ0v) is 11.0. The van der Waals surface area contributed by atoms with Crippen molar-refractivity contribution < 1.29 is 19.7 Å². The fourth-order valence-corrected chi connectivity index (χ4v) is 2.20. The van der Waals surface area contributed by atoms with E-state index < -0.39 is 12.2 Å². The third-order valence-corrected chi connectivity index (χ3v) is 3.27. The Morgan fingerprint density at radius 2 is 1.95 bits per heavy atom. The second-order valence-corrected chi connectivity index (χ2v) is 4.80. The van der Waals surface area contributed by atoms with E-state index in [0.29, 0.717) is 37.6 Å². The van der Waals surface area contributed by atoms with Crippen LogP contribution in [0.1, 0.15) is 17.3 Å². The van der Waals surface area contributed by atoms with Crippen LogP contribution in [0.5, 0.6) is 5.75 Å². The zero-order chi connectivity index (χ0) is 13.8. The third-order valence-electron chi connectivity index (χ3n) is 3.27. The molecule has 1 aromatic carbocycles. The number of aliphatic hydroxyl groups is 2. The Balaban J connectivity index is 1.85. The largest absolute Gasteiger partial charge is 0.491 e. The van der Waals surface area contributed by atoms with Crippen molar-refractivity contribution in [1.82, 2.24) is 4.90 Å². The first-order valence-electron chi connectivity index (χ1n) is 6.39. The summed E-state index contributed by atoms with van der Waals surface area (Å²) in [7, 11) is 0. The number of β-amino-alcohol motifs (C(OH)–C–C–N with tert-alkyl or cyclic N) is 2. The van der Waals surface area contributed by atoms with Gasteiger partial charge in [-0.25, -0.2) is 0 Å². The molecule has 1 aliphatic rings. The first-order chi connectivity index (χ1) is 9.08. The number of Topliss-reactive ketones (excluding diaryl/α,β-unsaturated/α-hetero) is 1. The number of hydrogen-bond acceptors (Lipinski definition) is 5. The number of benzene rings is 1. The highest BCUT2D eigenvalue weighted by molar-refractivity contribution is 5.96. The molecule has 2 N–H and O–H groups in total. The summed E-state index contributed by atoms with van der Waals surface area (Å²) in [6.07, 6.45) is -1.35. The molecule has 0 spiro atoms. The van der Waals surface area contributed by atoms with Crippen LogP contribution in [0.4, 0.5) is 0 Å². The summed E-state index contributed by atoms with van der Waals surface area (Å²) in [6.45, 7) is 3.46. The lowest BCUT2D eigenvalue weighted by Crippen LogP contribution is -2.27. The van der Waals surface area contributed by atoms with Crippen molar-refractivity contribution in [1.29, 1.82) is 0 Å². The molecule has 1 aliphatic heterocycles. The smallest absolute Gasteiger partial charge is 0.163 e. The molecule has 0 bridgehead atoms. The molecule has 2 rings (SSSR count). The quantitative estimate of drug-likeness (QED) is 0.750. The van der Waals surface area contributed by atoms with Gasteiger partial charge >= 0.3 is 0 Å². The Kier molecular flexibility index (Phi) is 4.52. The topological polar surface area (TPSA) is 70.0 Å². The second-order valence-electron chi connectivity index (χ2n) is 4.80. The van der Waals surface area contributed by atoms with Crippen LogP contribution in [0, 0.1) is 0 Å². The van der Waals surface area contributed by atoms with Gasteiger partial charge in [-0.3, -0.25) is 9.69 Å². The molecule has 5 nitrogen and oxygen atoms in total. The van der Waals surface area contributed by atoms with Gasteiger partial charge in [0, 0.05) is 19.6 Å². The molecular formula is C14H19NO4. The number of nitrogens with zero attached hydrogens (tertiary/aromatic N) is 1. The molecule has 1 aromatic rings. The summed E-state index contributed by atoms with van der Waals surface area (Å²) >= 11 is 0. The van der Waals surface area contributed by atoms with Crippen LogP contribution in [-0.4, -0.2) is 59.3 Å². The number of ether oxygens (including phenoxy) is 1. The molecule has 0 radical (unpaired) electrons. The standard InChI is InChI=1S/C14H19NO4/c1-10(16)11-4-2-3-5-14(11)19-7-6-15-8-12(17)13(18)9-15/h2-5,12-13,17-18H,6-9H2,1H3/t12-,13+. The van der Waals surface area contributed by atoms with Gasteiger partial charge in [-0.15, -0.1) is 0 Å². The number of carbonyl (C=O) groups excluding carboxylic acids is 1. The van der Waals surface area contributed by atoms with Crippen LogP contribution in [0.3, 0.4) is 0 Å². The minimum absolute atomic E-state index is 0.0254. The normalized spacial score (nSPS) is 23.5. The van der Waals surface area contributed by atoms with Crippen molar-refractivity contribution in [3.8, 4) is 5.75 Å². The van der Waals surface area contributed by atoms with E-state index in [-0.39, 0.29) is 5.78 Å². The lowest BCUT2D eigenvalue weighted by molar-refractivity contribution is 0.0572. The number of ketones is 1. The number of carbonyl (C=O) groups is 1. The number of aliphatic hydroxyl groups excluding tert-OH is 2. The van der Waals surface area contributed by atoms with E-state index in [1.54, 1.807) is 18.2 Å². The van der Waals surface area contributed by atoms with Gasteiger partial charge in [0.15, 0.2) is 5.78 Å². The predicted molar refractivity (Wildman–Crippen MR) is 70.4 cm³/mol. The Hall–Kier alpha value is -1.43. The van der Waals surface area contributed by atoms with Crippen molar-refractivity contribution in [2.45, 2.75) is 19.1 Å². The van der Waals surface area contributed by atoms with E-state index in [9.17, 15) is 15.0 Å². The predicted octanol–water partition coefficient (Wildman–Crippen LogP) is 0.305. The highest BCUT2D eigenvalue weighted by atomic mass is 16.5. The molecule has 0 aromatic heterocycles. The fraction of sp³-hybridized carbons (Fsp3) is 0.500. The minimum Gasteiger partial charge on any atom is -0.491 e. The van der Waals surface area contributed by atoms with Crippen molar-refractivity contribution in [2.24, 2.45) is 0 Å². The van der Waals surface area contributed by atoms with Crippen molar-refractivity contribution in [2.75, 3.05) is 26.2 Å².